The van der Waals surface area contributed by atoms with Crippen LogP contribution < -0.4 is 5.32 Å². The van der Waals surface area contributed by atoms with Crippen LogP contribution in [0.1, 0.15) is 17.3 Å². The molecule has 0 aliphatic rings. The van der Waals surface area contributed by atoms with Crippen LogP contribution in [0.3, 0.4) is 0 Å². The number of nitrogens with zero attached hydrogens (tertiary/aromatic N) is 1. The van der Waals surface area contributed by atoms with Gasteiger partial charge in [-0.3, -0.25) is 0 Å². The van der Waals surface area contributed by atoms with Crippen molar-refractivity contribution in [1.29, 1.82) is 0 Å². The summed E-state index contributed by atoms with van der Waals surface area (Å²) in [5, 5.41) is 2.80. The first-order valence-electron chi connectivity index (χ1n) is 6.06. The molecule has 0 saturated heterocycles. The second-order valence-electron chi connectivity index (χ2n) is 4.02. The van der Waals surface area contributed by atoms with Gasteiger partial charge in [-0.15, -0.1) is 0 Å². The zero-order valence-electron chi connectivity index (χ0n) is 11.0. The van der Waals surface area contributed by atoms with Crippen molar-refractivity contribution in [3.8, 4) is 0 Å². The van der Waals surface area contributed by atoms with Gasteiger partial charge < -0.3 is 10.1 Å². The van der Waals surface area contributed by atoms with Crippen molar-refractivity contribution in [2.45, 2.75) is 6.92 Å². The Balaban J connectivity index is 2.38. The number of carbonyl (C=O) groups is 1. The van der Waals surface area contributed by atoms with Crippen molar-refractivity contribution in [1.82, 2.24) is 4.98 Å². The Hall–Kier alpha value is -2.21. The summed E-state index contributed by atoms with van der Waals surface area (Å²) >= 11 is 5.77. The van der Waals surface area contributed by atoms with E-state index in [1.54, 1.807) is 6.92 Å². The van der Waals surface area contributed by atoms with Gasteiger partial charge in [-0.1, -0.05) is 11.6 Å². The summed E-state index contributed by atoms with van der Waals surface area (Å²) in [6.45, 7) is 1.85. The summed E-state index contributed by atoms with van der Waals surface area (Å²) in [5.74, 6) is -2.11. The number of pyridine rings is 1. The topological polar surface area (TPSA) is 51.2 Å². The normalized spacial score (nSPS) is 10.3. The number of carbonyl (C=O) groups excluding carboxylic acids is 1. The van der Waals surface area contributed by atoms with Crippen LogP contribution in [0.15, 0.2) is 30.5 Å². The Morgan fingerprint density at radius 2 is 2.10 bits per heavy atom. The molecule has 0 unspecified atom stereocenters. The predicted molar refractivity (Wildman–Crippen MR) is 74.8 cm³/mol. The first-order valence-corrected chi connectivity index (χ1v) is 6.43. The van der Waals surface area contributed by atoms with Crippen molar-refractivity contribution in [2.75, 3.05) is 11.9 Å². The maximum absolute atomic E-state index is 13.7. The first-order chi connectivity index (χ1) is 10.0. The number of nitrogens with one attached hydrogen (secondary N) is 1. The summed E-state index contributed by atoms with van der Waals surface area (Å²) in [6, 6.07) is 4.40. The molecule has 1 aromatic heterocycles. The molecule has 0 amide bonds. The van der Waals surface area contributed by atoms with Crippen LogP contribution in [0.4, 0.5) is 20.2 Å². The van der Waals surface area contributed by atoms with Gasteiger partial charge in [0.25, 0.3) is 0 Å². The van der Waals surface area contributed by atoms with Gasteiger partial charge in [-0.05, 0) is 25.1 Å². The maximum Gasteiger partial charge on any atom is 0.341 e. The number of esters is 1. The molecule has 0 atom stereocenters. The highest BCUT2D eigenvalue weighted by Crippen LogP contribution is 2.26. The minimum absolute atomic E-state index is 0.00390. The molecule has 2 rings (SSSR count). The molecule has 7 heteroatoms. The van der Waals surface area contributed by atoms with Gasteiger partial charge in [0.15, 0.2) is 0 Å². The molecule has 0 aliphatic carbocycles. The molecule has 110 valence electrons. The monoisotopic (exact) mass is 312 g/mol. The second kappa shape index (κ2) is 6.49. The molecule has 1 N–H and O–H groups in total. The molecule has 1 aromatic carbocycles. The molecule has 4 nitrogen and oxygen atoms in total. The number of hydrogen-bond donors (Lipinski definition) is 1. The van der Waals surface area contributed by atoms with E-state index in [9.17, 15) is 13.6 Å². The number of ether oxygens (including phenoxy) is 1. The van der Waals surface area contributed by atoms with Gasteiger partial charge in [-0.2, -0.15) is 0 Å². The van der Waals surface area contributed by atoms with Crippen LogP contribution in [0, 0.1) is 11.6 Å². The predicted octanol–water partition coefficient (Wildman–Crippen LogP) is 3.93. The fourth-order valence-corrected chi connectivity index (χ4v) is 1.80. The van der Waals surface area contributed by atoms with Crippen molar-refractivity contribution >= 4 is 28.9 Å². The van der Waals surface area contributed by atoms with Gasteiger partial charge >= 0.3 is 5.97 Å². The van der Waals surface area contributed by atoms with E-state index in [1.807, 2.05) is 0 Å². The molecular weight excluding hydrogens is 302 g/mol. The van der Waals surface area contributed by atoms with Crippen molar-refractivity contribution in [3.05, 3.63) is 52.8 Å². The van der Waals surface area contributed by atoms with E-state index in [2.05, 4.69) is 10.3 Å². The molecule has 0 aliphatic heterocycles. The Morgan fingerprint density at radius 1 is 1.33 bits per heavy atom. The lowest BCUT2D eigenvalue weighted by atomic mass is 10.2. The SMILES string of the molecule is CCOC(=O)c1cnc(Cl)cc1Nc1ccc(F)cc1F. The lowest BCUT2D eigenvalue weighted by Crippen LogP contribution is -2.09. The highest BCUT2D eigenvalue weighted by molar-refractivity contribution is 6.29. The number of aromatic nitrogens is 1. The average Bonchev–Trinajstić information content (AvgIpc) is 2.42. The van der Waals surface area contributed by atoms with E-state index in [1.165, 1.54) is 18.3 Å². The highest BCUT2D eigenvalue weighted by Gasteiger charge is 2.15. The third-order valence-electron chi connectivity index (χ3n) is 2.57. The Kier molecular flexibility index (Phi) is 4.70. The van der Waals surface area contributed by atoms with E-state index in [-0.39, 0.29) is 28.7 Å². The summed E-state index contributed by atoms with van der Waals surface area (Å²) in [6.07, 6.45) is 1.23. The zero-order valence-corrected chi connectivity index (χ0v) is 11.7. The van der Waals surface area contributed by atoms with E-state index < -0.39 is 17.6 Å². The average molecular weight is 313 g/mol. The standard InChI is InChI=1S/C14H11ClF2N2O2/c1-2-21-14(20)9-7-18-13(15)6-12(9)19-11-4-3-8(16)5-10(11)17/h3-7H,2H2,1H3,(H,18,19). The van der Waals surface area contributed by atoms with Crippen molar-refractivity contribution in [3.63, 3.8) is 0 Å². The van der Waals surface area contributed by atoms with Gasteiger partial charge in [0.1, 0.15) is 22.4 Å². The number of halogens is 3. The highest BCUT2D eigenvalue weighted by atomic mass is 35.5. The molecule has 0 bridgehead atoms. The van der Waals surface area contributed by atoms with Gasteiger partial charge in [0, 0.05) is 12.3 Å². The van der Waals surface area contributed by atoms with Crippen LogP contribution >= 0.6 is 11.6 Å². The summed E-state index contributed by atoms with van der Waals surface area (Å²) in [4.78, 5) is 15.6. The number of benzene rings is 1. The van der Waals surface area contributed by atoms with Crippen molar-refractivity contribution < 1.29 is 18.3 Å². The Morgan fingerprint density at radius 3 is 2.76 bits per heavy atom. The molecule has 21 heavy (non-hydrogen) atoms. The van der Waals surface area contributed by atoms with Crippen molar-refractivity contribution in [2.24, 2.45) is 0 Å². The molecule has 0 fully saturated rings. The molecular formula is C14H11ClF2N2O2. The third-order valence-corrected chi connectivity index (χ3v) is 2.77. The first kappa shape index (κ1) is 15.2. The van der Waals surface area contributed by atoms with Gasteiger partial charge in [0.2, 0.25) is 0 Å². The van der Waals surface area contributed by atoms with Crippen LogP contribution in [-0.4, -0.2) is 17.6 Å². The Bertz CT molecular complexity index is 680. The van der Waals surface area contributed by atoms with E-state index in [4.69, 9.17) is 16.3 Å². The smallest absolute Gasteiger partial charge is 0.341 e. The van der Waals surface area contributed by atoms with Crippen LogP contribution in [0.5, 0.6) is 0 Å². The summed E-state index contributed by atoms with van der Waals surface area (Å²) in [5.41, 5.74) is 0.327. The molecule has 2 aromatic rings. The number of anilines is 2. The fraction of sp³-hybridized carbons (Fsp3) is 0.143. The summed E-state index contributed by atoms with van der Waals surface area (Å²) < 4.78 is 31.4. The maximum atomic E-state index is 13.7. The van der Waals surface area contributed by atoms with Crippen LogP contribution in [-0.2, 0) is 4.74 Å². The van der Waals surface area contributed by atoms with Gasteiger partial charge in [0.05, 0.1) is 18.0 Å². The second-order valence-corrected chi connectivity index (χ2v) is 4.41. The lowest BCUT2D eigenvalue weighted by molar-refractivity contribution is 0.0527. The quantitative estimate of drug-likeness (QED) is 0.686. The van der Waals surface area contributed by atoms with Crippen LogP contribution in [0.2, 0.25) is 5.15 Å². The number of hydrogen-bond acceptors (Lipinski definition) is 4. The number of rotatable bonds is 4. The Labute approximate surface area is 124 Å². The van der Waals surface area contributed by atoms with E-state index >= 15 is 0 Å². The molecule has 1 heterocycles. The molecule has 0 saturated carbocycles. The molecule has 0 radical (unpaired) electrons. The van der Waals surface area contributed by atoms with Crippen LogP contribution in [0.25, 0.3) is 0 Å². The van der Waals surface area contributed by atoms with E-state index in [0.717, 1.165) is 12.1 Å². The largest absolute Gasteiger partial charge is 0.462 e. The molecule has 0 spiro atoms. The summed E-state index contributed by atoms with van der Waals surface area (Å²) in [7, 11) is 0. The minimum Gasteiger partial charge on any atom is -0.462 e. The van der Waals surface area contributed by atoms with Gasteiger partial charge in [-0.25, -0.2) is 18.6 Å². The zero-order chi connectivity index (χ0) is 15.4. The van der Waals surface area contributed by atoms with E-state index in [0.29, 0.717) is 0 Å². The third kappa shape index (κ3) is 3.66. The minimum atomic E-state index is -0.794. The fourth-order valence-electron chi connectivity index (χ4n) is 1.64. The lowest BCUT2D eigenvalue weighted by Gasteiger charge is -2.12.